The molecule has 0 aliphatic rings. The van der Waals surface area contributed by atoms with Gasteiger partial charge in [0.15, 0.2) is 5.78 Å². The molecular weight excluding hydrogens is 200 g/mol. The number of carbonyl (C=O) groups is 2. The SMILES string of the molecule is CCC(=O)C(C(=O)c1ccccc1)C(C)C. The molecular formula is C14H18O2. The van der Waals surface area contributed by atoms with Crippen LogP contribution in [0.4, 0.5) is 0 Å². The first-order chi connectivity index (χ1) is 7.57. The Morgan fingerprint density at radius 3 is 2.12 bits per heavy atom. The molecule has 0 heterocycles. The van der Waals surface area contributed by atoms with Gasteiger partial charge in [0.25, 0.3) is 0 Å². The topological polar surface area (TPSA) is 34.1 Å². The van der Waals surface area contributed by atoms with E-state index in [4.69, 9.17) is 0 Å². The van der Waals surface area contributed by atoms with Gasteiger partial charge in [-0.25, -0.2) is 0 Å². The van der Waals surface area contributed by atoms with Crippen LogP contribution in [-0.4, -0.2) is 11.6 Å². The number of hydrogen-bond donors (Lipinski definition) is 0. The highest BCUT2D eigenvalue weighted by Gasteiger charge is 2.28. The zero-order valence-corrected chi connectivity index (χ0v) is 10.1. The van der Waals surface area contributed by atoms with Gasteiger partial charge in [-0.05, 0) is 5.92 Å². The Balaban J connectivity index is 2.97. The third-order valence-electron chi connectivity index (χ3n) is 2.70. The van der Waals surface area contributed by atoms with Gasteiger partial charge in [0.1, 0.15) is 5.78 Å². The number of ketones is 2. The Morgan fingerprint density at radius 2 is 1.69 bits per heavy atom. The van der Waals surface area contributed by atoms with E-state index in [1.165, 1.54) is 0 Å². The molecule has 0 radical (unpaired) electrons. The van der Waals surface area contributed by atoms with Gasteiger partial charge >= 0.3 is 0 Å². The predicted octanol–water partition coefficient (Wildman–Crippen LogP) is 3.12. The average molecular weight is 218 g/mol. The maximum Gasteiger partial charge on any atom is 0.173 e. The summed E-state index contributed by atoms with van der Waals surface area (Å²) in [7, 11) is 0. The van der Waals surface area contributed by atoms with E-state index in [-0.39, 0.29) is 17.5 Å². The van der Waals surface area contributed by atoms with Crippen LogP contribution in [0.2, 0.25) is 0 Å². The van der Waals surface area contributed by atoms with Gasteiger partial charge in [-0.3, -0.25) is 9.59 Å². The summed E-state index contributed by atoms with van der Waals surface area (Å²) in [5, 5.41) is 0. The molecule has 2 nitrogen and oxygen atoms in total. The van der Waals surface area contributed by atoms with Crippen LogP contribution in [-0.2, 0) is 4.79 Å². The molecule has 1 rings (SSSR count). The van der Waals surface area contributed by atoms with E-state index in [0.29, 0.717) is 12.0 Å². The molecule has 1 aromatic carbocycles. The standard InChI is InChI=1S/C14H18O2/c1-4-12(15)13(10(2)3)14(16)11-8-6-5-7-9-11/h5-10,13H,4H2,1-3H3. The lowest BCUT2D eigenvalue weighted by Crippen LogP contribution is -2.28. The van der Waals surface area contributed by atoms with Crippen molar-refractivity contribution in [3.05, 3.63) is 35.9 Å². The van der Waals surface area contributed by atoms with Gasteiger partial charge in [0.2, 0.25) is 0 Å². The summed E-state index contributed by atoms with van der Waals surface area (Å²) in [6, 6.07) is 9.03. The molecule has 86 valence electrons. The van der Waals surface area contributed by atoms with Gasteiger partial charge in [-0.1, -0.05) is 51.1 Å². The lowest BCUT2D eigenvalue weighted by atomic mass is 9.84. The van der Waals surface area contributed by atoms with Crippen LogP contribution in [0.5, 0.6) is 0 Å². The van der Waals surface area contributed by atoms with Crippen molar-refractivity contribution in [2.45, 2.75) is 27.2 Å². The van der Waals surface area contributed by atoms with Crippen LogP contribution in [0.1, 0.15) is 37.6 Å². The molecule has 0 aliphatic carbocycles. The second kappa shape index (κ2) is 5.59. The molecule has 0 fully saturated rings. The molecule has 0 amide bonds. The van der Waals surface area contributed by atoms with Crippen molar-refractivity contribution < 1.29 is 9.59 Å². The maximum atomic E-state index is 12.2. The van der Waals surface area contributed by atoms with E-state index in [0.717, 1.165) is 0 Å². The Bertz CT molecular complexity index is 366. The van der Waals surface area contributed by atoms with E-state index in [1.807, 2.05) is 32.0 Å². The van der Waals surface area contributed by atoms with Crippen molar-refractivity contribution in [3.8, 4) is 0 Å². The maximum absolute atomic E-state index is 12.2. The monoisotopic (exact) mass is 218 g/mol. The Kier molecular flexibility index (Phi) is 4.41. The highest BCUT2D eigenvalue weighted by molar-refractivity contribution is 6.10. The third-order valence-corrected chi connectivity index (χ3v) is 2.70. The summed E-state index contributed by atoms with van der Waals surface area (Å²) < 4.78 is 0. The van der Waals surface area contributed by atoms with Gasteiger partial charge in [-0.2, -0.15) is 0 Å². The molecule has 0 aromatic heterocycles. The Hall–Kier alpha value is -1.44. The highest BCUT2D eigenvalue weighted by Crippen LogP contribution is 2.19. The molecule has 0 spiro atoms. The van der Waals surface area contributed by atoms with E-state index in [9.17, 15) is 9.59 Å². The minimum atomic E-state index is -0.493. The molecule has 1 unspecified atom stereocenters. The largest absolute Gasteiger partial charge is 0.299 e. The van der Waals surface area contributed by atoms with E-state index in [2.05, 4.69) is 0 Å². The first-order valence-corrected chi connectivity index (χ1v) is 5.69. The number of Topliss-reactive ketones (excluding diaryl/α,β-unsaturated/α-hetero) is 2. The van der Waals surface area contributed by atoms with Crippen LogP contribution >= 0.6 is 0 Å². The molecule has 0 N–H and O–H groups in total. The van der Waals surface area contributed by atoms with Crippen LogP contribution in [0.15, 0.2) is 30.3 Å². The number of benzene rings is 1. The van der Waals surface area contributed by atoms with Crippen molar-refractivity contribution in [2.24, 2.45) is 11.8 Å². The van der Waals surface area contributed by atoms with Crippen molar-refractivity contribution in [1.82, 2.24) is 0 Å². The van der Waals surface area contributed by atoms with Crippen LogP contribution in [0.3, 0.4) is 0 Å². The molecule has 2 heteroatoms. The van der Waals surface area contributed by atoms with Gasteiger partial charge in [0.05, 0.1) is 5.92 Å². The lowest BCUT2D eigenvalue weighted by molar-refractivity contribution is -0.122. The Morgan fingerprint density at radius 1 is 1.12 bits per heavy atom. The van der Waals surface area contributed by atoms with Crippen molar-refractivity contribution >= 4 is 11.6 Å². The van der Waals surface area contributed by atoms with E-state index in [1.54, 1.807) is 19.1 Å². The summed E-state index contributed by atoms with van der Waals surface area (Å²) in [6.45, 7) is 5.63. The van der Waals surface area contributed by atoms with Crippen LogP contribution < -0.4 is 0 Å². The number of rotatable bonds is 5. The lowest BCUT2D eigenvalue weighted by Gasteiger charge is -2.17. The predicted molar refractivity (Wildman–Crippen MR) is 64.4 cm³/mol. The zero-order valence-electron chi connectivity index (χ0n) is 10.1. The van der Waals surface area contributed by atoms with Crippen molar-refractivity contribution in [1.29, 1.82) is 0 Å². The fraction of sp³-hybridized carbons (Fsp3) is 0.429. The number of hydrogen-bond acceptors (Lipinski definition) is 2. The highest BCUT2D eigenvalue weighted by atomic mass is 16.1. The summed E-state index contributed by atoms with van der Waals surface area (Å²) >= 11 is 0. The first-order valence-electron chi connectivity index (χ1n) is 5.69. The second-order valence-corrected chi connectivity index (χ2v) is 4.27. The Labute approximate surface area is 96.7 Å². The zero-order chi connectivity index (χ0) is 12.1. The number of carbonyl (C=O) groups excluding carboxylic acids is 2. The third kappa shape index (κ3) is 2.78. The van der Waals surface area contributed by atoms with Gasteiger partial charge in [-0.15, -0.1) is 0 Å². The normalized spacial score (nSPS) is 12.5. The second-order valence-electron chi connectivity index (χ2n) is 4.27. The van der Waals surface area contributed by atoms with Crippen LogP contribution in [0.25, 0.3) is 0 Å². The van der Waals surface area contributed by atoms with Gasteiger partial charge < -0.3 is 0 Å². The molecule has 0 bridgehead atoms. The molecule has 16 heavy (non-hydrogen) atoms. The molecule has 0 aliphatic heterocycles. The minimum Gasteiger partial charge on any atom is -0.299 e. The molecule has 0 saturated carbocycles. The van der Waals surface area contributed by atoms with Crippen molar-refractivity contribution in [3.63, 3.8) is 0 Å². The fourth-order valence-electron chi connectivity index (χ4n) is 1.82. The molecule has 1 atom stereocenters. The quantitative estimate of drug-likeness (QED) is 0.562. The van der Waals surface area contributed by atoms with E-state index < -0.39 is 5.92 Å². The van der Waals surface area contributed by atoms with Crippen LogP contribution in [0, 0.1) is 11.8 Å². The summed E-state index contributed by atoms with van der Waals surface area (Å²) in [4.78, 5) is 23.9. The fourth-order valence-corrected chi connectivity index (χ4v) is 1.82. The first kappa shape index (κ1) is 12.6. The summed E-state index contributed by atoms with van der Waals surface area (Å²) in [5.74, 6) is -0.459. The summed E-state index contributed by atoms with van der Waals surface area (Å²) in [5.41, 5.74) is 0.628. The minimum absolute atomic E-state index is 0.0313. The summed E-state index contributed by atoms with van der Waals surface area (Å²) in [6.07, 6.45) is 0.418. The smallest absolute Gasteiger partial charge is 0.173 e. The van der Waals surface area contributed by atoms with E-state index >= 15 is 0 Å². The van der Waals surface area contributed by atoms with Gasteiger partial charge in [0, 0.05) is 12.0 Å². The average Bonchev–Trinajstić information content (AvgIpc) is 2.29. The molecule has 0 saturated heterocycles. The molecule has 1 aromatic rings. The van der Waals surface area contributed by atoms with Crippen molar-refractivity contribution in [2.75, 3.05) is 0 Å².